The molecule has 0 atom stereocenters. The van der Waals surface area contributed by atoms with Gasteiger partial charge in [-0.2, -0.15) is 4.98 Å². The molecule has 138 valence electrons. The highest BCUT2D eigenvalue weighted by atomic mass is 16.5. The van der Waals surface area contributed by atoms with Crippen LogP contribution in [0.15, 0.2) is 36.5 Å². The van der Waals surface area contributed by atoms with Crippen molar-refractivity contribution in [2.24, 2.45) is 0 Å². The molecular formula is C19H25N5O2. The topological polar surface area (TPSA) is 70.6 Å². The van der Waals surface area contributed by atoms with Crippen LogP contribution in [0, 0.1) is 0 Å². The number of carbonyl (C=O) groups is 1. The molecule has 0 spiro atoms. The van der Waals surface area contributed by atoms with Gasteiger partial charge in [-0.3, -0.25) is 0 Å². The van der Waals surface area contributed by atoms with Crippen LogP contribution in [0.4, 0.5) is 17.5 Å². The fourth-order valence-corrected chi connectivity index (χ4v) is 2.91. The quantitative estimate of drug-likeness (QED) is 0.799. The highest BCUT2D eigenvalue weighted by Gasteiger charge is 2.17. The number of ether oxygens (including phenoxy) is 1. The number of anilines is 3. The minimum absolute atomic E-state index is 0.316. The Kier molecular flexibility index (Phi) is 6.01. The summed E-state index contributed by atoms with van der Waals surface area (Å²) in [7, 11) is 0. The van der Waals surface area contributed by atoms with E-state index in [1.165, 1.54) is 0 Å². The highest BCUT2D eigenvalue weighted by Crippen LogP contribution is 2.18. The summed E-state index contributed by atoms with van der Waals surface area (Å²) < 4.78 is 4.99. The number of rotatable bonds is 6. The summed E-state index contributed by atoms with van der Waals surface area (Å²) in [5.41, 5.74) is 1.35. The van der Waals surface area contributed by atoms with Crippen molar-refractivity contribution in [1.29, 1.82) is 0 Å². The second-order valence-corrected chi connectivity index (χ2v) is 6.08. The van der Waals surface area contributed by atoms with Crippen LogP contribution in [0.2, 0.25) is 0 Å². The van der Waals surface area contributed by atoms with Gasteiger partial charge in [-0.25, -0.2) is 9.78 Å². The number of nitrogens with one attached hydrogen (secondary N) is 1. The zero-order chi connectivity index (χ0) is 18.4. The molecule has 0 amide bonds. The summed E-state index contributed by atoms with van der Waals surface area (Å²) >= 11 is 0. The van der Waals surface area contributed by atoms with Gasteiger partial charge in [0.15, 0.2) is 0 Å². The van der Waals surface area contributed by atoms with E-state index in [1.807, 2.05) is 18.2 Å². The van der Waals surface area contributed by atoms with Gasteiger partial charge >= 0.3 is 5.97 Å². The monoisotopic (exact) mass is 355 g/mol. The number of nitrogens with zero attached hydrogens (tertiary/aromatic N) is 4. The third-order valence-corrected chi connectivity index (χ3v) is 4.44. The molecule has 1 fully saturated rings. The molecule has 0 bridgehead atoms. The number of aromatic nitrogens is 2. The number of benzene rings is 1. The SMILES string of the molecule is CCOC(=O)c1ccc(Nc2nccc(N3CCN(CC)CC3)n2)cc1. The van der Waals surface area contributed by atoms with Crippen LogP contribution in [-0.4, -0.2) is 60.2 Å². The molecule has 0 unspecified atom stereocenters. The lowest BCUT2D eigenvalue weighted by Crippen LogP contribution is -2.46. The van der Waals surface area contributed by atoms with Crippen molar-refractivity contribution in [2.45, 2.75) is 13.8 Å². The average molecular weight is 355 g/mol. The van der Waals surface area contributed by atoms with Crippen molar-refractivity contribution in [3.8, 4) is 0 Å². The molecular weight excluding hydrogens is 330 g/mol. The largest absolute Gasteiger partial charge is 0.462 e. The smallest absolute Gasteiger partial charge is 0.338 e. The first-order valence-electron chi connectivity index (χ1n) is 9.04. The van der Waals surface area contributed by atoms with Gasteiger partial charge in [-0.15, -0.1) is 0 Å². The van der Waals surface area contributed by atoms with Crippen LogP contribution in [0.3, 0.4) is 0 Å². The molecule has 0 radical (unpaired) electrons. The Labute approximate surface area is 154 Å². The lowest BCUT2D eigenvalue weighted by atomic mass is 10.2. The predicted octanol–water partition coefficient (Wildman–Crippen LogP) is 2.54. The van der Waals surface area contributed by atoms with Crippen molar-refractivity contribution in [2.75, 3.05) is 49.5 Å². The lowest BCUT2D eigenvalue weighted by Gasteiger charge is -2.34. The van der Waals surface area contributed by atoms with Gasteiger partial charge < -0.3 is 19.9 Å². The Hall–Kier alpha value is -2.67. The Morgan fingerprint density at radius 3 is 2.50 bits per heavy atom. The van der Waals surface area contributed by atoms with E-state index in [2.05, 4.69) is 32.0 Å². The van der Waals surface area contributed by atoms with Gasteiger partial charge in [0, 0.05) is 38.1 Å². The van der Waals surface area contributed by atoms with Crippen LogP contribution in [0.1, 0.15) is 24.2 Å². The molecule has 2 heterocycles. The average Bonchev–Trinajstić information content (AvgIpc) is 2.69. The van der Waals surface area contributed by atoms with E-state index in [4.69, 9.17) is 4.74 Å². The summed E-state index contributed by atoms with van der Waals surface area (Å²) in [6.45, 7) is 9.49. The summed E-state index contributed by atoms with van der Waals surface area (Å²) in [6.07, 6.45) is 1.77. The van der Waals surface area contributed by atoms with Crippen molar-refractivity contribution in [3.05, 3.63) is 42.1 Å². The van der Waals surface area contributed by atoms with E-state index in [0.717, 1.165) is 44.2 Å². The molecule has 1 saturated heterocycles. The van der Waals surface area contributed by atoms with Crippen LogP contribution in [0.25, 0.3) is 0 Å². The summed E-state index contributed by atoms with van der Waals surface area (Å²) in [5.74, 6) is 1.16. The Morgan fingerprint density at radius 1 is 1.12 bits per heavy atom. The van der Waals surface area contributed by atoms with E-state index >= 15 is 0 Å². The van der Waals surface area contributed by atoms with E-state index in [9.17, 15) is 4.79 Å². The minimum atomic E-state index is -0.316. The zero-order valence-electron chi connectivity index (χ0n) is 15.3. The van der Waals surface area contributed by atoms with Crippen LogP contribution < -0.4 is 10.2 Å². The molecule has 1 N–H and O–H groups in total. The Bertz CT molecular complexity index is 727. The molecule has 1 aromatic heterocycles. The Balaban J connectivity index is 1.64. The van der Waals surface area contributed by atoms with E-state index in [1.54, 1.807) is 25.3 Å². The normalized spacial score (nSPS) is 14.9. The first kappa shape index (κ1) is 18.1. The van der Waals surface area contributed by atoms with Crippen molar-refractivity contribution >= 4 is 23.4 Å². The lowest BCUT2D eigenvalue weighted by molar-refractivity contribution is 0.0526. The first-order valence-corrected chi connectivity index (χ1v) is 9.04. The maximum absolute atomic E-state index is 11.7. The summed E-state index contributed by atoms with van der Waals surface area (Å²) in [5, 5.41) is 3.19. The van der Waals surface area contributed by atoms with Gasteiger partial charge in [0.1, 0.15) is 5.82 Å². The van der Waals surface area contributed by atoms with Gasteiger partial charge in [-0.05, 0) is 43.8 Å². The number of esters is 1. The maximum atomic E-state index is 11.7. The summed E-state index contributed by atoms with van der Waals surface area (Å²) in [6, 6.07) is 9.05. The zero-order valence-corrected chi connectivity index (χ0v) is 15.3. The van der Waals surface area contributed by atoms with E-state index < -0.39 is 0 Å². The predicted molar refractivity (Wildman–Crippen MR) is 102 cm³/mol. The molecule has 1 aliphatic rings. The van der Waals surface area contributed by atoms with Gasteiger partial charge in [0.05, 0.1) is 12.2 Å². The van der Waals surface area contributed by atoms with Crippen LogP contribution in [0.5, 0.6) is 0 Å². The molecule has 1 aromatic carbocycles. The van der Waals surface area contributed by atoms with Crippen molar-refractivity contribution < 1.29 is 9.53 Å². The van der Waals surface area contributed by atoms with Crippen LogP contribution in [-0.2, 0) is 4.74 Å². The number of piperazine rings is 1. The van der Waals surface area contributed by atoms with E-state index in [-0.39, 0.29) is 5.97 Å². The van der Waals surface area contributed by atoms with E-state index in [0.29, 0.717) is 18.1 Å². The minimum Gasteiger partial charge on any atom is -0.462 e. The molecule has 7 nitrogen and oxygen atoms in total. The molecule has 26 heavy (non-hydrogen) atoms. The number of hydrogen-bond donors (Lipinski definition) is 1. The molecule has 7 heteroatoms. The number of carbonyl (C=O) groups excluding carboxylic acids is 1. The van der Waals surface area contributed by atoms with Crippen molar-refractivity contribution in [1.82, 2.24) is 14.9 Å². The third-order valence-electron chi connectivity index (χ3n) is 4.44. The van der Waals surface area contributed by atoms with Gasteiger partial charge in [-0.1, -0.05) is 6.92 Å². The maximum Gasteiger partial charge on any atom is 0.338 e. The Morgan fingerprint density at radius 2 is 1.85 bits per heavy atom. The van der Waals surface area contributed by atoms with Crippen molar-refractivity contribution in [3.63, 3.8) is 0 Å². The first-order chi connectivity index (χ1) is 12.7. The fourth-order valence-electron chi connectivity index (χ4n) is 2.91. The fraction of sp³-hybridized carbons (Fsp3) is 0.421. The second kappa shape index (κ2) is 8.62. The molecule has 1 aliphatic heterocycles. The van der Waals surface area contributed by atoms with Gasteiger partial charge in [0.2, 0.25) is 5.95 Å². The number of hydrogen-bond acceptors (Lipinski definition) is 7. The molecule has 2 aromatic rings. The standard InChI is InChI=1S/C19H25N5O2/c1-3-23-11-13-24(14-12-23)17-9-10-20-19(22-17)21-16-7-5-15(6-8-16)18(25)26-4-2/h5-10H,3-4,11-14H2,1-2H3,(H,20,21,22). The molecule has 0 aliphatic carbocycles. The highest BCUT2D eigenvalue weighted by molar-refractivity contribution is 5.89. The van der Waals surface area contributed by atoms with Crippen LogP contribution >= 0.6 is 0 Å². The van der Waals surface area contributed by atoms with Gasteiger partial charge in [0.25, 0.3) is 0 Å². The molecule has 3 rings (SSSR count). The second-order valence-electron chi connectivity index (χ2n) is 6.08. The number of likely N-dealkylation sites (N-methyl/N-ethyl adjacent to an activating group) is 1. The summed E-state index contributed by atoms with van der Waals surface area (Å²) in [4.78, 5) is 25.3. The molecule has 0 saturated carbocycles. The third kappa shape index (κ3) is 4.49.